The lowest BCUT2D eigenvalue weighted by Gasteiger charge is -2.19. The maximum absolute atomic E-state index is 12.8. The lowest BCUT2D eigenvalue weighted by Crippen LogP contribution is -2.43. The van der Waals surface area contributed by atoms with Crippen LogP contribution in [0.1, 0.15) is 6.92 Å². The Morgan fingerprint density at radius 2 is 1.92 bits per heavy atom. The quantitative estimate of drug-likeness (QED) is 0.698. The zero-order valence-corrected chi connectivity index (χ0v) is 14.9. The molecule has 24 heavy (non-hydrogen) atoms. The molecule has 1 fully saturated rings. The van der Waals surface area contributed by atoms with E-state index in [1.807, 2.05) is 0 Å². The second kappa shape index (κ2) is 7.04. The van der Waals surface area contributed by atoms with Crippen molar-refractivity contribution < 1.29 is 21.6 Å². The number of amides is 1. The summed E-state index contributed by atoms with van der Waals surface area (Å²) < 4.78 is 49.4. The Bertz CT molecular complexity index is 829. The van der Waals surface area contributed by atoms with E-state index in [9.17, 15) is 21.6 Å². The fourth-order valence-electron chi connectivity index (χ4n) is 2.65. The van der Waals surface area contributed by atoms with Crippen LogP contribution in [0.2, 0.25) is 0 Å². The number of nitrogens with one attached hydrogen (secondary N) is 2. The fourth-order valence-corrected chi connectivity index (χ4v) is 7.37. The standard InChI is InChI=1S/C15H20N2O5S2/c1-3-8-16-14-9-23(19,20)10-15(14)24(21,22)13-6-4-12(5-7-13)17-11(2)18/h3-7,14-16H,1,8-10H2,2H3,(H,17,18). The Hall–Kier alpha value is -1.71. The molecule has 1 aliphatic rings. The van der Waals surface area contributed by atoms with E-state index in [4.69, 9.17) is 0 Å². The summed E-state index contributed by atoms with van der Waals surface area (Å²) in [5.74, 6) is -0.882. The third-order valence-corrected chi connectivity index (χ3v) is 7.89. The van der Waals surface area contributed by atoms with E-state index in [-0.39, 0.29) is 16.6 Å². The van der Waals surface area contributed by atoms with Gasteiger partial charge in [-0.15, -0.1) is 6.58 Å². The molecule has 0 aliphatic carbocycles. The van der Waals surface area contributed by atoms with Gasteiger partial charge < -0.3 is 10.6 Å². The Labute approximate surface area is 142 Å². The summed E-state index contributed by atoms with van der Waals surface area (Å²) in [6, 6.07) is 5.02. The average molecular weight is 372 g/mol. The average Bonchev–Trinajstić information content (AvgIpc) is 2.81. The summed E-state index contributed by atoms with van der Waals surface area (Å²) in [5, 5.41) is 4.42. The van der Waals surface area contributed by atoms with Crippen molar-refractivity contribution in [1.82, 2.24) is 5.32 Å². The van der Waals surface area contributed by atoms with E-state index in [1.54, 1.807) is 6.08 Å². The zero-order chi connectivity index (χ0) is 18.0. The van der Waals surface area contributed by atoms with Gasteiger partial charge in [0.1, 0.15) is 0 Å². The minimum absolute atomic E-state index is 0.0316. The van der Waals surface area contributed by atoms with Gasteiger partial charge in [0.2, 0.25) is 5.91 Å². The van der Waals surface area contributed by atoms with Crippen LogP contribution in [-0.4, -0.2) is 52.1 Å². The molecule has 1 aromatic carbocycles. The molecule has 2 unspecified atom stereocenters. The van der Waals surface area contributed by atoms with Gasteiger partial charge in [0.25, 0.3) is 0 Å². The predicted octanol–water partition coefficient (Wildman–Crippen LogP) is 0.360. The highest BCUT2D eigenvalue weighted by Gasteiger charge is 2.45. The third-order valence-electron chi connectivity index (χ3n) is 3.73. The number of benzene rings is 1. The number of rotatable bonds is 6. The molecule has 0 radical (unpaired) electrons. The minimum Gasteiger partial charge on any atom is -0.326 e. The van der Waals surface area contributed by atoms with E-state index in [2.05, 4.69) is 17.2 Å². The number of hydrogen-bond donors (Lipinski definition) is 2. The highest BCUT2D eigenvalue weighted by atomic mass is 32.2. The molecule has 132 valence electrons. The van der Waals surface area contributed by atoms with Gasteiger partial charge in [-0.3, -0.25) is 4.79 Å². The highest BCUT2D eigenvalue weighted by Crippen LogP contribution is 2.26. The van der Waals surface area contributed by atoms with Gasteiger partial charge in [-0.25, -0.2) is 16.8 Å². The normalized spacial score (nSPS) is 22.9. The highest BCUT2D eigenvalue weighted by molar-refractivity contribution is 7.96. The van der Waals surface area contributed by atoms with Crippen LogP contribution in [-0.2, 0) is 24.5 Å². The molecule has 1 aromatic rings. The summed E-state index contributed by atoms with van der Waals surface area (Å²) in [4.78, 5) is 11.0. The second-order valence-corrected chi connectivity index (χ2v) is 9.99. The summed E-state index contributed by atoms with van der Waals surface area (Å²) in [6.07, 6.45) is 1.55. The maximum Gasteiger partial charge on any atom is 0.221 e. The largest absolute Gasteiger partial charge is 0.326 e. The molecule has 1 amide bonds. The van der Waals surface area contributed by atoms with Crippen molar-refractivity contribution in [1.29, 1.82) is 0 Å². The van der Waals surface area contributed by atoms with E-state index in [0.29, 0.717) is 12.2 Å². The van der Waals surface area contributed by atoms with Crippen molar-refractivity contribution >= 4 is 31.3 Å². The second-order valence-electron chi connectivity index (χ2n) is 5.67. The van der Waals surface area contributed by atoms with Crippen LogP contribution in [0.3, 0.4) is 0 Å². The van der Waals surface area contributed by atoms with Gasteiger partial charge in [0, 0.05) is 25.2 Å². The molecule has 2 N–H and O–H groups in total. The van der Waals surface area contributed by atoms with Crippen molar-refractivity contribution in [2.45, 2.75) is 23.1 Å². The SMILES string of the molecule is C=CCNC1CS(=O)(=O)CC1S(=O)(=O)c1ccc(NC(C)=O)cc1. The van der Waals surface area contributed by atoms with Crippen molar-refractivity contribution in [2.24, 2.45) is 0 Å². The number of hydrogen-bond acceptors (Lipinski definition) is 6. The first kappa shape index (κ1) is 18.6. The molecule has 2 rings (SSSR count). The number of carbonyl (C=O) groups excluding carboxylic acids is 1. The molecule has 1 aliphatic heterocycles. The Morgan fingerprint density at radius 3 is 2.46 bits per heavy atom. The third kappa shape index (κ3) is 4.22. The van der Waals surface area contributed by atoms with Crippen LogP contribution in [0, 0.1) is 0 Å². The molecule has 0 aromatic heterocycles. The van der Waals surface area contributed by atoms with Crippen molar-refractivity contribution in [3.63, 3.8) is 0 Å². The molecule has 1 saturated heterocycles. The molecular weight excluding hydrogens is 352 g/mol. The number of carbonyl (C=O) groups is 1. The molecule has 0 spiro atoms. The molecule has 2 atom stereocenters. The van der Waals surface area contributed by atoms with Crippen molar-refractivity contribution in [3.05, 3.63) is 36.9 Å². The Balaban J connectivity index is 2.30. The maximum atomic E-state index is 12.8. The van der Waals surface area contributed by atoms with Crippen LogP contribution < -0.4 is 10.6 Å². The topological polar surface area (TPSA) is 109 Å². The molecular formula is C15H20N2O5S2. The summed E-state index contributed by atoms with van der Waals surface area (Å²) in [6.45, 7) is 5.22. The summed E-state index contributed by atoms with van der Waals surface area (Å²) in [7, 11) is -7.25. The van der Waals surface area contributed by atoms with Crippen LogP contribution in [0.15, 0.2) is 41.8 Å². The summed E-state index contributed by atoms with van der Waals surface area (Å²) in [5.41, 5.74) is 0.474. The minimum atomic E-state index is -3.82. The van der Waals surface area contributed by atoms with Gasteiger partial charge in [0.15, 0.2) is 19.7 Å². The van der Waals surface area contributed by atoms with Crippen LogP contribution >= 0.6 is 0 Å². The van der Waals surface area contributed by atoms with Crippen LogP contribution in [0.25, 0.3) is 0 Å². The van der Waals surface area contributed by atoms with Crippen molar-refractivity contribution in [3.8, 4) is 0 Å². The number of sulfone groups is 2. The van der Waals surface area contributed by atoms with Crippen molar-refractivity contribution in [2.75, 3.05) is 23.4 Å². The lowest BCUT2D eigenvalue weighted by atomic mass is 10.2. The van der Waals surface area contributed by atoms with Gasteiger partial charge in [-0.05, 0) is 24.3 Å². The van der Waals surface area contributed by atoms with Gasteiger partial charge in [0.05, 0.1) is 21.7 Å². The van der Waals surface area contributed by atoms with E-state index in [1.165, 1.54) is 31.2 Å². The van der Waals surface area contributed by atoms with Crippen LogP contribution in [0.4, 0.5) is 5.69 Å². The molecule has 0 saturated carbocycles. The monoisotopic (exact) mass is 372 g/mol. The van der Waals surface area contributed by atoms with Gasteiger partial charge in [-0.1, -0.05) is 6.08 Å². The van der Waals surface area contributed by atoms with Gasteiger partial charge in [-0.2, -0.15) is 0 Å². The zero-order valence-electron chi connectivity index (χ0n) is 13.2. The molecule has 0 bridgehead atoms. The van der Waals surface area contributed by atoms with Crippen LogP contribution in [0.5, 0.6) is 0 Å². The molecule has 9 heteroatoms. The predicted molar refractivity (Wildman–Crippen MR) is 92.4 cm³/mol. The molecule has 1 heterocycles. The van der Waals surface area contributed by atoms with Gasteiger partial charge >= 0.3 is 0 Å². The Morgan fingerprint density at radius 1 is 1.29 bits per heavy atom. The first-order chi connectivity index (χ1) is 11.2. The first-order valence-corrected chi connectivity index (χ1v) is 10.7. The van der Waals surface area contributed by atoms with E-state index in [0.717, 1.165) is 0 Å². The lowest BCUT2D eigenvalue weighted by molar-refractivity contribution is -0.114. The smallest absolute Gasteiger partial charge is 0.221 e. The Kier molecular flexibility index (Phi) is 5.46. The van der Waals surface area contributed by atoms with E-state index < -0.39 is 36.7 Å². The summed E-state index contributed by atoms with van der Waals surface area (Å²) >= 11 is 0. The number of anilines is 1. The fraction of sp³-hybridized carbons (Fsp3) is 0.400. The van der Waals surface area contributed by atoms with E-state index >= 15 is 0 Å². The molecule has 7 nitrogen and oxygen atoms in total. The first-order valence-electron chi connectivity index (χ1n) is 7.32.